The van der Waals surface area contributed by atoms with Gasteiger partial charge in [-0.3, -0.25) is 9.59 Å². The number of nitrogens with one attached hydrogen (secondary N) is 2. The van der Waals surface area contributed by atoms with Crippen LogP contribution in [-0.2, 0) is 9.59 Å². The van der Waals surface area contributed by atoms with E-state index < -0.39 is 5.97 Å². The molecule has 1 aromatic carbocycles. The van der Waals surface area contributed by atoms with E-state index in [4.69, 9.17) is 9.52 Å². The molecule has 0 saturated heterocycles. The fourth-order valence-corrected chi connectivity index (χ4v) is 2.12. The molecule has 24 heavy (non-hydrogen) atoms. The highest BCUT2D eigenvalue weighted by molar-refractivity contribution is 5.97. The third kappa shape index (κ3) is 4.84. The van der Waals surface area contributed by atoms with Crippen molar-refractivity contribution in [2.24, 2.45) is 5.92 Å². The zero-order valence-corrected chi connectivity index (χ0v) is 13.6. The van der Waals surface area contributed by atoms with Crippen LogP contribution in [-0.4, -0.2) is 29.4 Å². The summed E-state index contributed by atoms with van der Waals surface area (Å²) in [5.41, 5.74) is 0.925. The highest BCUT2D eigenvalue weighted by Crippen LogP contribution is 2.23. The fourth-order valence-electron chi connectivity index (χ4n) is 2.12. The average Bonchev–Trinajstić information content (AvgIpc) is 2.94. The molecule has 0 aliphatic heterocycles. The minimum absolute atomic E-state index is 0.110. The van der Waals surface area contributed by atoms with Gasteiger partial charge < -0.3 is 20.2 Å². The van der Waals surface area contributed by atoms with Crippen molar-refractivity contribution < 1.29 is 23.9 Å². The summed E-state index contributed by atoms with van der Waals surface area (Å²) in [6.45, 7) is 3.95. The predicted octanol–water partition coefficient (Wildman–Crippen LogP) is 2.62. The largest absolute Gasteiger partial charge is 0.475 e. The lowest BCUT2D eigenvalue weighted by Crippen LogP contribution is -2.32. The van der Waals surface area contributed by atoms with Crippen LogP contribution in [0.2, 0.25) is 0 Å². The molecule has 2 rings (SSSR count). The summed E-state index contributed by atoms with van der Waals surface area (Å²) < 4.78 is 5.15. The van der Waals surface area contributed by atoms with E-state index in [1.54, 1.807) is 18.2 Å². The van der Waals surface area contributed by atoms with Gasteiger partial charge in [-0.25, -0.2) is 4.79 Å². The SMILES string of the molecule is CC(C)CCC(=O)NCC(=O)Nc1ccc2oc(C(=O)O)cc2c1. The number of hydrogen-bond donors (Lipinski definition) is 3. The number of carbonyl (C=O) groups excluding carboxylic acids is 2. The van der Waals surface area contributed by atoms with Crippen LogP contribution < -0.4 is 10.6 Å². The predicted molar refractivity (Wildman–Crippen MR) is 88.9 cm³/mol. The first-order valence-electron chi connectivity index (χ1n) is 7.68. The Morgan fingerprint density at radius 3 is 2.58 bits per heavy atom. The van der Waals surface area contributed by atoms with Gasteiger partial charge in [0.1, 0.15) is 5.58 Å². The number of anilines is 1. The van der Waals surface area contributed by atoms with Crippen LogP contribution in [0.1, 0.15) is 37.2 Å². The summed E-state index contributed by atoms with van der Waals surface area (Å²) in [5.74, 6) is -1.39. The maximum atomic E-state index is 11.9. The number of aromatic carboxylic acids is 1. The Hall–Kier alpha value is -2.83. The average molecular weight is 332 g/mol. The second-order valence-corrected chi connectivity index (χ2v) is 5.93. The van der Waals surface area contributed by atoms with Crippen LogP contribution in [0, 0.1) is 5.92 Å². The van der Waals surface area contributed by atoms with Crippen LogP contribution >= 0.6 is 0 Å². The van der Waals surface area contributed by atoms with Crippen molar-refractivity contribution in [3.05, 3.63) is 30.0 Å². The molecular formula is C17H20N2O5. The highest BCUT2D eigenvalue weighted by atomic mass is 16.4. The Kier molecular flexibility index (Phi) is 5.57. The normalized spacial score (nSPS) is 10.8. The summed E-state index contributed by atoms with van der Waals surface area (Å²) >= 11 is 0. The Bertz CT molecular complexity index is 763. The number of rotatable bonds is 7. The Labute approximate surface area is 139 Å². The Morgan fingerprint density at radius 1 is 1.17 bits per heavy atom. The van der Waals surface area contributed by atoms with Gasteiger partial charge in [0.25, 0.3) is 0 Å². The number of fused-ring (bicyclic) bond motifs is 1. The number of carboxylic acids is 1. The molecule has 0 atom stereocenters. The molecule has 0 aliphatic rings. The summed E-state index contributed by atoms with van der Waals surface area (Å²) in [4.78, 5) is 34.3. The number of furan rings is 1. The molecule has 2 amide bonds. The first-order valence-corrected chi connectivity index (χ1v) is 7.68. The van der Waals surface area contributed by atoms with Gasteiger partial charge in [0.2, 0.25) is 17.6 Å². The summed E-state index contributed by atoms with van der Waals surface area (Å²) in [6, 6.07) is 6.19. The van der Waals surface area contributed by atoms with Gasteiger partial charge in [0.05, 0.1) is 6.54 Å². The molecule has 0 aliphatic carbocycles. The van der Waals surface area contributed by atoms with Crippen molar-refractivity contribution in [1.29, 1.82) is 0 Å². The molecule has 128 valence electrons. The standard InChI is InChI=1S/C17H20N2O5/c1-10(2)3-6-15(20)18-9-16(21)19-12-4-5-13-11(7-12)8-14(24-13)17(22)23/h4-5,7-8,10H,3,6,9H2,1-2H3,(H,18,20)(H,19,21)(H,22,23). The number of carboxylic acid groups (broad SMARTS) is 1. The van der Waals surface area contributed by atoms with Crippen LogP contribution in [0.3, 0.4) is 0 Å². The molecule has 0 fully saturated rings. The van der Waals surface area contributed by atoms with E-state index in [2.05, 4.69) is 10.6 Å². The minimum Gasteiger partial charge on any atom is -0.475 e. The zero-order chi connectivity index (χ0) is 17.7. The third-order valence-corrected chi connectivity index (χ3v) is 3.41. The maximum Gasteiger partial charge on any atom is 0.371 e. The molecule has 7 heteroatoms. The molecule has 0 unspecified atom stereocenters. The number of hydrogen-bond acceptors (Lipinski definition) is 4. The van der Waals surface area contributed by atoms with Crippen molar-refractivity contribution in [2.75, 3.05) is 11.9 Å². The number of amides is 2. The molecule has 0 saturated carbocycles. The molecule has 1 aromatic heterocycles. The van der Waals surface area contributed by atoms with Crippen molar-refractivity contribution in [3.8, 4) is 0 Å². The van der Waals surface area contributed by atoms with E-state index in [-0.39, 0.29) is 24.1 Å². The van der Waals surface area contributed by atoms with Crippen molar-refractivity contribution in [3.63, 3.8) is 0 Å². The molecular weight excluding hydrogens is 312 g/mol. The monoisotopic (exact) mass is 332 g/mol. The van der Waals surface area contributed by atoms with Gasteiger partial charge in [-0.15, -0.1) is 0 Å². The second-order valence-electron chi connectivity index (χ2n) is 5.93. The molecule has 0 radical (unpaired) electrons. The van der Waals surface area contributed by atoms with Gasteiger partial charge >= 0.3 is 5.97 Å². The van der Waals surface area contributed by atoms with Gasteiger partial charge in [0.15, 0.2) is 0 Å². The highest BCUT2D eigenvalue weighted by Gasteiger charge is 2.12. The van der Waals surface area contributed by atoms with Crippen LogP contribution in [0.4, 0.5) is 5.69 Å². The zero-order valence-electron chi connectivity index (χ0n) is 13.6. The van der Waals surface area contributed by atoms with Gasteiger partial charge in [-0.1, -0.05) is 13.8 Å². The van der Waals surface area contributed by atoms with Crippen LogP contribution in [0.5, 0.6) is 0 Å². The van der Waals surface area contributed by atoms with E-state index >= 15 is 0 Å². The molecule has 3 N–H and O–H groups in total. The smallest absolute Gasteiger partial charge is 0.371 e. The van der Waals surface area contributed by atoms with E-state index in [1.165, 1.54) is 6.07 Å². The van der Waals surface area contributed by atoms with Crippen molar-refractivity contribution in [2.45, 2.75) is 26.7 Å². The lowest BCUT2D eigenvalue weighted by Gasteiger charge is -2.08. The van der Waals surface area contributed by atoms with E-state index in [9.17, 15) is 14.4 Å². The molecule has 7 nitrogen and oxygen atoms in total. The Morgan fingerprint density at radius 2 is 1.92 bits per heavy atom. The fraction of sp³-hybridized carbons (Fsp3) is 0.353. The van der Waals surface area contributed by atoms with E-state index in [0.717, 1.165) is 6.42 Å². The summed E-state index contributed by atoms with van der Waals surface area (Å²) in [7, 11) is 0. The molecule has 0 spiro atoms. The minimum atomic E-state index is -1.15. The maximum absolute atomic E-state index is 11.9. The van der Waals surface area contributed by atoms with E-state index in [1.807, 2.05) is 13.8 Å². The van der Waals surface area contributed by atoms with Crippen LogP contribution in [0.15, 0.2) is 28.7 Å². The van der Waals surface area contributed by atoms with Crippen molar-refractivity contribution >= 4 is 34.4 Å². The van der Waals surface area contributed by atoms with Gasteiger partial charge in [-0.2, -0.15) is 0 Å². The third-order valence-electron chi connectivity index (χ3n) is 3.41. The number of benzene rings is 1. The molecule has 0 bridgehead atoms. The molecule has 2 aromatic rings. The lowest BCUT2D eigenvalue weighted by molar-refractivity contribution is -0.124. The topological polar surface area (TPSA) is 109 Å². The van der Waals surface area contributed by atoms with Crippen LogP contribution in [0.25, 0.3) is 11.0 Å². The molecule has 1 heterocycles. The van der Waals surface area contributed by atoms with Crippen molar-refractivity contribution in [1.82, 2.24) is 5.32 Å². The van der Waals surface area contributed by atoms with Gasteiger partial charge in [-0.05, 0) is 36.6 Å². The first kappa shape index (κ1) is 17.5. The first-order chi connectivity index (χ1) is 11.3. The van der Waals surface area contributed by atoms with Gasteiger partial charge in [0, 0.05) is 17.5 Å². The lowest BCUT2D eigenvalue weighted by atomic mass is 10.1. The summed E-state index contributed by atoms with van der Waals surface area (Å²) in [5, 5.41) is 14.7. The summed E-state index contributed by atoms with van der Waals surface area (Å²) in [6.07, 6.45) is 1.17. The Balaban J connectivity index is 1.90. The quantitative estimate of drug-likeness (QED) is 0.722. The van der Waals surface area contributed by atoms with E-state index in [0.29, 0.717) is 29.0 Å². The second kappa shape index (κ2) is 7.63. The number of carbonyl (C=O) groups is 3.